The van der Waals surface area contributed by atoms with Gasteiger partial charge in [0.05, 0.1) is 0 Å². The first-order valence-corrected chi connectivity index (χ1v) is 16.7. The van der Waals surface area contributed by atoms with Crippen molar-refractivity contribution in [2.75, 3.05) is 0 Å². The fourth-order valence-corrected chi connectivity index (χ4v) is 7.95. The SMILES string of the molecule is c1ccc2cc3c(ccc4cc(-c5c6ccccc6c(-c6ccc(-c7cccc8ccccc78)cc6)c6ccccc56)ccc43)cc2c1. The molecule has 0 heteroatoms. The van der Waals surface area contributed by atoms with Crippen molar-refractivity contribution in [3.8, 4) is 33.4 Å². The van der Waals surface area contributed by atoms with E-state index in [9.17, 15) is 0 Å². The molecule has 0 saturated heterocycles. The van der Waals surface area contributed by atoms with Gasteiger partial charge in [0, 0.05) is 0 Å². The summed E-state index contributed by atoms with van der Waals surface area (Å²) in [6.45, 7) is 0. The lowest BCUT2D eigenvalue weighted by Crippen LogP contribution is -1.91. The van der Waals surface area contributed by atoms with Crippen molar-refractivity contribution >= 4 is 64.6 Å². The molecule has 222 valence electrons. The molecule has 0 atom stereocenters. The van der Waals surface area contributed by atoms with Crippen LogP contribution in [0.4, 0.5) is 0 Å². The van der Waals surface area contributed by atoms with Gasteiger partial charge in [-0.25, -0.2) is 0 Å². The van der Waals surface area contributed by atoms with Crippen LogP contribution >= 0.6 is 0 Å². The summed E-state index contributed by atoms with van der Waals surface area (Å²) in [6, 6.07) is 67.1. The lowest BCUT2D eigenvalue weighted by molar-refractivity contribution is 1.63. The molecule has 0 fully saturated rings. The van der Waals surface area contributed by atoms with E-state index in [1.165, 1.54) is 98.0 Å². The molecule has 0 aliphatic heterocycles. The van der Waals surface area contributed by atoms with Crippen LogP contribution in [0, 0.1) is 0 Å². The lowest BCUT2D eigenvalue weighted by Gasteiger charge is -2.18. The second-order valence-corrected chi connectivity index (χ2v) is 12.9. The fraction of sp³-hybridized carbons (Fsp3) is 0. The summed E-state index contributed by atoms with van der Waals surface area (Å²) in [7, 11) is 0. The molecule has 10 aromatic carbocycles. The van der Waals surface area contributed by atoms with Crippen LogP contribution in [0.2, 0.25) is 0 Å². The van der Waals surface area contributed by atoms with Crippen molar-refractivity contribution in [1.29, 1.82) is 0 Å². The van der Waals surface area contributed by atoms with Crippen molar-refractivity contribution < 1.29 is 0 Å². The summed E-state index contributed by atoms with van der Waals surface area (Å²) in [5, 5.41) is 15.3. The third-order valence-electron chi connectivity index (χ3n) is 10.2. The first kappa shape index (κ1) is 26.9. The van der Waals surface area contributed by atoms with Crippen molar-refractivity contribution in [1.82, 2.24) is 0 Å². The summed E-state index contributed by atoms with van der Waals surface area (Å²) >= 11 is 0. The highest BCUT2D eigenvalue weighted by Crippen LogP contribution is 2.45. The van der Waals surface area contributed by atoms with Gasteiger partial charge in [-0.2, -0.15) is 0 Å². The van der Waals surface area contributed by atoms with Crippen LogP contribution in [0.3, 0.4) is 0 Å². The standard InChI is InChI=1S/C48H30/c1-2-12-35-30-46-37(28-34(35)11-1)25-24-36-29-38(26-27-41(36)46)48-44-17-7-5-15-42(44)47(43-16-6-8-18-45(43)48)33-22-20-32(21-23-33)40-19-9-13-31-10-3-4-14-39(31)40/h1-30H. The Labute approximate surface area is 279 Å². The number of benzene rings is 10. The molecule has 0 radical (unpaired) electrons. The molecule has 0 amide bonds. The van der Waals surface area contributed by atoms with Gasteiger partial charge >= 0.3 is 0 Å². The second kappa shape index (κ2) is 10.7. The molecule has 10 aromatic rings. The van der Waals surface area contributed by atoms with Crippen molar-refractivity contribution in [3.05, 3.63) is 182 Å². The van der Waals surface area contributed by atoms with Gasteiger partial charge in [-0.05, 0) is 116 Å². The Hall–Kier alpha value is -6.24. The number of hydrogen-bond donors (Lipinski definition) is 0. The molecule has 0 bridgehead atoms. The average molecular weight is 607 g/mol. The molecule has 10 rings (SSSR count). The summed E-state index contributed by atoms with van der Waals surface area (Å²) < 4.78 is 0. The minimum absolute atomic E-state index is 1.23. The zero-order valence-corrected chi connectivity index (χ0v) is 26.3. The summed E-state index contributed by atoms with van der Waals surface area (Å²) in [5.74, 6) is 0. The molecular formula is C48H30. The van der Waals surface area contributed by atoms with Gasteiger partial charge in [0.2, 0.25) is 0 Å². The third-order valence-corrected chi connectivity index (χ3v) is 10.2. The van der Waals surface area contributed by atoms with Crippen molar-refractivity contribution in [2.24, 2.45) is 0 Å². The molecule has 48 heavy (non-hydrogen) atoms. The van der Waals surface area contributed by atoms with E-state index in [0.717, 1.165) is 0 Å². The van der Waals surface area contributed by atoms with Gasteiger partial charge in [0.15, 0.2) is 0 Å². The minimum atomic E-state index is 1.23. The molecule has 0 heterocycles. The first-order valence-electron chi connectivity index (χ1n) is 16.7. The van der Waals surface area contributed by atoms with E-state index < -0.39 is 0 Å². The van der Waals surface area contributed by atoms with E-state index in [2.05, 4.69) is 182 Å². The fourth-order valence-electron chi connectivity index (χ4n) is 7.95. The molecule has 0 nitrogen and oxygen atoms in total. The van der Waals surface area contributed by atoms with Gasteiger partial charge in [-0.15, -0.1) is 0 Å². The highest BCUT2D eigenvalue weighted by Gasteiger charge is 2.17. The van der Waals surface area contributed by atoms with Gasteiger partial charge in [-0.3, -0.25) is 0 Å². The maximum absolute atomic E-state index is 2.39. The molecule has 0 aliphatic carbocycles. The minimum Gasteiger partial charge on any atom is -0.0616 e. The van der Waals surface area contributed by atoms with E-state index in [-0.39, 0.29) is 0 Å². The first-order chi connectivity index (χ1) is 23.8. The predicted molar refractivity (Wildman–Crippen MR) is 208 cm³/mol. The lowest BCUT2D eigenvalue weighted by atomic mass is 9.85. The smallest absolute Gasteiger partial charge is 0.00262 e. The Morgan fingerprint density at radius 3 is 1.35 bits per heavy atom. The Balaban J connectivity index is 1.17. The van der Waals surface area contributed by atoms with Crippen LogP contribution < -0.4 is 0 Å². The van der Waals surface area contributed by atoms with E-state index in [1.807, 2.05) is 0 Å². The molecular weight excluding hydrogens is 577 g/mol. The number of fused-ring (bicyclic) bond motifs is 7. The van der Waals surface area contributed by atoms with Gasteiger partial charge in [-0.1, -0.05) is 164 Å². The van der Waals surface area contributed by atoms with Crippen molar-refractivity contribution in [2.45, 2.75) is 0 Å². The number of rotatable bonds is 3. The highest BCUT2D eigenvalue weighted by atomic mass is 14.2. The Morgan fingerprint density at radius 2 is 0.688 bits per heavy atom. The molecule has 0 N–H and O–H groups in total. The molecule has 0 spiro atoms. The largest absolute Gasteiger partial charge is 0.0616 e. The van der Waals surface area contributed by atoms with E-state index in [1.54, 1.807) is 0 Å². The maximum Gasteiger partial charge on any atom is -0.00262 e. The normalized spacial score (nSPS) is 11.8. The summed E-state index contributed by atoms with van der Waals surface area (Å²) in [4.78, 5) is 0. The molecule has 0 aromatic heterocycles. The monoisotopic (exact) mass is 606 g/mol. The average Bonchev–Trinajstić information content (AvgIpc) is 3.15. The zero-order valence-electron chi connectivity index (χ0n) is 26.3. The Bertz CT molecular complexity index is 2810. The summed E-state index contributed by atoms with van der Waals surface area (Å²) in [6.07, 6.45) is 0. The van der Waals surface area contributed by atoms with E-state index in [4.69, 9.17) is 0 Å². The molecule has 0 aliphatic rings. The second-order valence-electron chi connectivity index (χ2n) is 12.9. The topological polar surface area (TPSA) is 0 Å². The van der Waals surface area contributed by atoms with E-state index >= 15 is 0 Å². The number of hydrogen-bond acceptors (Lipinski definition) is 0. The van der Waals surface area contributed by atoms with Crippen molar-refractivity contribution in [3.63, 3.8) is 0 Å². The van der Waals surface area contributed by atoms with Crippen LogP contribution in [0.25, 0.3) is 98.0 Å². The Kier molecular flexibility index (Phi) is 5.98. The van der Waals surface area contributed by atoms with Gasteiger partial charge in [0.1, 0.15) is 0 Å². The quantitative estimate of drug-likeness (QED) is 0.139. The zero-order chi connectivity index (χ0) is 31.6. The molecule has 0 saturated carbocycles. The van der Waals surface area contributed by atoms with E-state index in [0.29, 0.717) is 0 Å². The highest BCUT2D eigenvalue weighted by molar-refractivity contribution is 6.22. The van der Waals surface area contributed by atoms with Crippen LogP contribution in [0.1, 0.15) is 0 Å². The van der Waals surface area contributed by atoms with Crippen LogP contribution in [-0.2, 0) is 0 Å². The van der Waals surface area contributed by atoms with Gasteiger partial charge < -0.3 is 0 Å². The molecule has 0 unspecified atom stereocenters. The maximum atomic E-state index is 2.39. The van der Waals surface area contributed by atoms with Crippen LogP contribution in [-0.4, -0.2) is 0 Å². The predicted octanol–water partition coefficient (Wildman–Crippen LogP) is 13.6. The Morgan fingerprint density at radius 1 is 0.208 bits per heavy atom. The summed E-state index contributed by atoms with van der Waals surface area (Å²) in [5.41, 5.74) is 7.55. The third kappa shape index (κ3) is 4.16. The van der Waals surface area contributed by atoms with Gasteiger partial charge in [0.25, 0.3) is 0 Å². The van der Waals surface area contributed by atoms with Crippen LogP contribution in [0.15, 0.2) is 182 Å². The van der Waals surface area contributed by atoms with Crippen LogP contribution in [0.5, 0.6) is 0 Å².